The third-order valence-corrected chi connectivity index (χ3v) is 1.96. The molecule has 0 unspecified atom stereocenters. The van der Waals surface area contributed by atoms with Gasteiger partial charge in [-0.05, 0) is 17.7 Å². The summed E-state index contributed by atoms with van der Waals surface area (Å²) >= 11 is 0. The van der Waals surface area contributed by atoms with Crippen molar-refractivity contribution in [3.63, 3.8) is 0 Å². The summed E-state index contributed by atoms with van der Waals surface area (Å²) in [6.45, 7) is 3.42. The number of rotatable bonds is 6. The minimum absolute atomic E-state index is 0.184. The van der Waals surface area contributed by atoms with E-state index in [0.717, 1.165) is 5.56 Å². The van der Waals surface area contributed by atoms with Gasteiger partial charge in [-0.3, -0.25) is 10.3 Å². The molecule has 92 valence electrons. The van der Waals surface area contributed by atoms with E-state index in [9.17, 15) is 4.79 Å². The fraction of sp³-hybridized carbons (Fsp3) is 0.0769. The van der Waals surface area contributed by atoms with E-state index in [1.807, 2.05) is 12.1 Å². The number of carbonyl (C=O) groups is 1. The lowest BCUT2D eigenvalue weighted by atomic mass is 10.1. The molecule has 1 aromatic rings. The molecular formula is C13H12N2O3. The van der Waals surface area contributed by atoms with Gasteiger partial charge in [0.05, 0.1) is 18.2 Å². The van der Waals surface area contributed by atoms with E-state index in [1.54, 1.807) is 30.4 Å². The SMILES string of the molecule is C=C(NOCC=Cc1cccc(C#N)c1)C(=O)O. The fourth-order valence-corrected chi connectivity index (χ4v) is 1.12. The Balaban J connectivity index is 2.39. The van der Waals surface area contributed by atoms with E-state index in [4.69, 9.17) is 15.2 Å². The number of carboxylic acid groups (broad SMARTS) is 1. The first-order chi connectivity index (χ1) is 8.63. The molecule has 18 heavy (non-hydrogen) atoms. The molecule has 2 N–H and O–H groups in total. The minimum Gasteiger partial charge on any atom is -0.477 e. The molecule has 0 saturated heterocycles. The van der Waals surface area contributed by atoms with Crippen molar-refractivity contribution in [2.45, 2.75) is 0 Å². The van der Waals surface area contributed by atoms with Crippen LogP contribution in [-0.2, 0) is 9.63 Å². The first kappa shape index (κ1) is 13.5. The number of benzene rings is 1. The summed E-state index contributed by atoms with van der Waals surface area (Å²) in [6.07, 6.45) is 3.46. The Kier molecular flexibility index (Phi) is 5.16. The van der Waals surface area contributed by atoms with Gasteiger partial charge in [0.1, 0.15) is 5.70 Å². The fourth-order valence-electron chi connectivity index (χ4n) is 1.12. The Labute approximate surface area is 105 Å². The highest BCUT2D eigenvalue weighted by Crippen LogP contribution is 2.05. The smallest absolute Gasteiger partial charge is 0.353 e. The van der Waals surface area contributed by atoms with Gasteiger partial charge < -0.3 is 5.11 Å². The minimum atomic E-state index is -1.17. The second kappa shape index (κ2) is 6.89. The van der Waals surface area contributed by atoms with Crippen LogP contribution in [0.3, 0.4) is 0 Å². The predicted molar refractivity (Wildman–Crippen MR) is 66.1 cm³/mol. The first-order valence-corrected chi connectivity index (χ1v) is 5.10. The summed E-state index contributed by atoms with van der Waals surface area (Å²) in [5, 5.41) is 17.2. The Morgan fingerprint density at radius 1 is 1.61 bits per heavy atom. The van der Waals surface area contributed by atoms with Crippen LogP contribution >= 0.6 is 0 Å². The van der Waals surface area contributed by atoms with Crippen LogP contribution in [0.15, 0.2) is 42.6 Å². The molecule has 0 aliphatic heterocycles. The van der Waals surface area contributed by atoms with E-state index in [2.05, 4.69) is 12.1 Å². The number of aliphatic carboxylic acids is 1. The third kappa shape index (κ3) is 4.51. The lowest BCUT2D eigenvalue weighted by Crippen LogP contribution is -2.19. The number of hydroxylamine groups is 1. The van der Waals surface area contributed by atoms with Gasteiger partial charge in [-0.25, -0.2) is 4.79 Å². The Bertz CT molecular complexity index is 515. The molecular weight excluding hydrogens is 232 g/mol. The number of nitriles is 1. The highest BCUT2D eigenvalue weighted by atomic mass is 16.6. The second-order valence-electron chi connectivity index (χ2n) is 3.34. The van der Waals surface area contributed by atoms with Gasteiger partial charge in [0.2, 0.25) is 0 Å². The molecule has 0 heterocycles. The summed E-state index contributed by atoms with van der Waals surface area (Å²) in [7, 11) is 0. The van der Waals surface area contributed by atoms with Crippen molar-refractivity contribution in [1.82, 2.24) is 5.48 Å². The molecule has 0 fully saturated rings. The molecule has 0 spiro atoms. The average Bonchev–Trinajstić information content (AvgIpc) is 2.38. The van der Waals surface area contributed by atoms with Gasteiger partial charge in [-0.15, -0.1) is 0 Å². The third-order valence-electron chi connectivity index (χ3n) is 1.96. The maximum Gasteiger partial charge on any atom is 0.353 e. The normalized spacial score (nSPS) is 9.94. The molecule has 0 amide bonds. The topological polar surface area (TPSA) is 82.3 Å². The zero-order valence-corrected chi connectivity index (χ0v) is 9.59. The molecule has 5 heteroatoms. The van der Waals surface area contributed by atoms with Gasteiger partial charge in [0.25, 0.3) is 0 Å². The molecule has 1 aromatic carbocycles. The predicted octanol–water partition coefficient (Wildman–Crippen LogP) is 1.69. The Morgan fingerprint density at radius 2 is 2.39 bits per heavy atom. The lowest BCUT2D eigenvalue weighted by Gasteiger charge is -2.02. The summed E-state index contributed by atoms with van der Waals surface area (Å²) in [5.74, 6) is -1.17. The summed E-state index contributed by atoms with van der Waals surface area (Å²) in [4.78, 5) is 15.2. The summed E-state index contributed by atoms with van der Waals surface area (Å²) in [6, 6.07) is 9.12. The van der Waals surface area contributed by atoms with Crippen LogP contribution in [-0.4, -0.2) is 17.7 Å². The molecule has 0 saturated carbocycles. The molecule has 0 aliphatic rings. The van der Waals surface area contributed by atoms with Crippen LogP contribution in [0.4, 0.5) is 0 Å². The maximum atomic E-state index is 10.4. The molecule has 1 rings (SSSR count). The number of nitrogens with one attached hydrogen (secondary N) is 1. The zero-order valence-electron chi connectivity index (χ0n) is 9.59. The van der Waals surface area contributed by atoms with Gasteiger partial charge in [0, 0.05) is 0 Å². The molecule has 5 nitrogen and oxygen atoms in total. The highest BCUT2D eigenvalue weighted by Gasteiger charge is 2.00. The standard InChI is InChI=1S/C13H12N2O3/c1-10(13(16)17)15-18-7-3-6-11-4-2-5-12(8-11)9-14/h2-6,8,15H,1,7H2,(H,16,17). The van der Waals surface area contributed by atoms with E-state index in [1.165, 1.54) is 0 Å². The Hall–Kier alpha value is -2.58. The van der Waals surface area contributed by atoms with Crippen molar-refractivity contribution >= 4 is 12.0 Å². The monoisotopic (exact) mass is 244 g/mol. The molecule has 0 aliphatic carbocycles. The van der Waals surface area contributed by atoms with E-state index < -0.39 is 5.97 Å². The van der Waals surface area contributed by atoms with Gasteiger partial charge in [0.15, 0.2) is 0 Å². The average molecular weight is 244 g/mol. The summed E-state index contributed by atoms with van der Waals surface area (Å²) in [5.41, 5.74) is 3.42. The van der Waals surface area contributed by atoms with Crippen LogP contribution in [0.5, 0.6) is 0 Å². The largest absolute Gasteiger partial charge is 0.477 e. The maximum absolute atomic E-state index is 10.4. The van der Waals surface area contributed by atoms with Gasteiger partial charge in [-0.2, -0.15) is 5.26 Å². The van der Waals surface area contributed by atoms with E-state index in [-0.39, 0.29) is 12.3 Å². The second-order valence-corrected chi connectivity index (χ2v) is 3.34. The van der Waals surface area contributed by atoms with Crippen LogP contribution in [0.25, 0.3) is 6.08 Å². The van der Waals surface area contributed by atoms with Crippen molar-refractivity contribution < 1.29 is 14.7 Å². The van der Waals surface area contributed by atoms with Gasteiger partial charge >= 0.3 is 5.97 Å². The van der Waals surface area contributed by atoms with Crippen molar-refractivity contribution in [1.29, 1.82) is 5.26 Å². The first-order valence-electron chi connectivity index (χ1n) is 5.10. The van der Waals surface area contributed by atoms with E-state index in [0.29, 0.717) is 5.56 Å². The molecule has 0 radical (unpaired) electrons. The van der Waals surface area contributed by atoms with E-state index >= 15 is 0 Å². The van der Waals surface area contributed by atoms with Crippen molar-refractivity contribution in [3.05, 3.63) is 53.7 Å². The Morgan fingerprint density at radius 3 is 3.06 bits per heavy atom. The van der Waals surface area contributed by atoms with Crippen molar-refractivity contribution in [2.75, 3.05) is 6.61 Å². The van der Waals surface area contributed by atoms with Crippen LogP contribution < -0.4 is 5.48 Å². The van der Waals surface area contributed by atoms with Crippen LogP contribution in [0.1, 0.15) is 11.1 Å². The van der Waals surface area contributed by atoms with Crippen LogP contribution in [0.2, 0.25) is 0 Å². The molecule has 0 aromatic heterocycles. The lowest BCUT2D eigenvalue weighted by molar-refractivity contribution is -0.134. The molecule has 0 bridgehead atoms. The highest BCUT2D eigenvalue weighted by molar-refractivity contribution is 5.84. The number of carboxylic acids is 1. The quantitative estimate of drug-likeness (QED) is 0.452. The summed E-state index contributed by atoms with van der Waals surface area (Å²) < 4.78 is 0. The number of hydrogen-bond donors (Lipinski definition) is 2. The zero-order chi connectivity index (χ0) is 13.4. The molecule has 0 atom stereocenters. The van der Waals surface area contributed by atoms with Crippen molar-refractivity contribution in [3.8, 4) is 6.07 Å². The number of hydrogen-bond acceptors (Lipinski definition) is 4. The number of nitrogens with zero attached hydrogens (tertiary/aromatic N) is 1. The van der Waals surface area contributed by atoms with Crippen LogP contribution in [0, 0.1) is 11.3 Å². The van der Waals surface area contributed by atoms with Crippen molar-refractivity contribution in [2.24, 2.45) is 0 Å². The van der Waals surface area contributed by atoms with Gasteiger partial charge in [-0.1, -0.05) is 30.9 Å².